The topological polar surface area (TPSA) is 40.5 Å². The first-order valence-electron chi connectivity index (χ1n) is 5.84. The first-order chi connectivity index (χ1) is 8.03. The van der Waals surface area contributed by atoms with E-state index in [1.165, 1.54) is 0 Å². The third-order valence-corrected chi connectivity index (χ3v) is 3.08. The summed E-state index contributed by atoms with van der Waals surface area (Å²) in [5, 5.41) is 21.4. The van der Waals surface area contributed by atoms with Crippen molar-refractivity contribution in [3.8, 4) is 5.75 Å². The van der Waals surface area contributed by atoms with Crippen LogP contribution in [0, 0.1) is 5.41 Å². The number of aliphatic hydroxyl groups is 1. The van der Waals surface area contributed by atoms with Crippen molar-refractivity contribution in [3.63, 3.8) is 0 Å². The Bertz CT molecular complexity index is 529. The van der Waals surface area contributed by atoms with Gasteiger partial charge in [-0.3, -0.25) is 0 Å². The summed E-state index contributed by atoms with van der Waals surface area (Å²) in [4.78, 5) is 0. The highest BCUT2D eigenvalue weighted by Gasteiger charge is 2.19. The molecule has 0 aliphatic heterocycles. The van der Waals surface area contributed by atoms with Gasteiger partial charge in [0, 0.05) is 12.0 Å². The molecule has 90 valence electrons. The van der Waals surface area contributed by atoms with Gasteiger partial charge in [0.25, 0.3) is 0 Å². The number of hydrogen-bond acceptors (Lipinski definition) is 2. The third kappa shape index (κ3) is 2.42. The van der Waals surface area contributed by atoms with Crippen LogP contribution in [0.15, 0.2) is 36.4 Å². The fourth-order valence-corrected chi connectivity index (χ4v) is 2.01. The highest BCUT2D eigenvalue weighted by Crippen LogP contribution is 2.32. The van der Waals surface area contributed by atoms with Crippen LogP contribution in [-0.4, -0.2) is 16.8 Å². The summed E-state index contributed by atoms with van der Waals surface area (Å²) in [5.74, 6) is 0.338. The maximum atomic E-state index is 10.2. The van der Waals surface area contributed by atoms with Crippen LogP contribution in [0.3, 0.4) is 0 Å². The lowest BCUT2D eigenvalue weighted by Crippen LogP contribution is -2.19. The second-order valence-corrected chi connectivity index (χ2v) is 5.29. The lowest BCUT2D eigenvalue weighted by molar-refractivity contribution is 0.159. The van der Waals surface area contributed by atoms with Crippen LogP contribution < -0.4 is 0 Å². The van der Waals surface area contributed by atoms with Gasteiger partial charge in [0.15, 0.2) is 0 Å². The van der Waals surface area contributed by atoms with Gasteiger partial charge < -0.3 is 10.2 Å². The Hall–Kier alpha value is -1.54. The van der Waals surface area contributed by atoms with Crippen molar-refractivity contribution < 1.29 is 10.2 Å². The Kier molecular flexibility index (Phi) is 3.07. The van der Waals surface area contributed by atoms with Crippen LogP contribution in [-0.2, 0) is 6.42 Å². The van der Waals surface area contributed by atoms with Crippen molar-refractivity contribution in [2.75, 3.05) is 6.61 Å². The molecule has 2 nitrogen and oxygen atoms in total. The van der Waals surface area contributed by atoms with Gasteiger partial charge in [-0.05, 0) is 22.8 Å². The zero-order valence-electron chi connectivity index (χ0n) is 10.3. The zero-order chi connectivity index (χ0) is 12.5. The summed E-state index contributed by atoms with van der Waals surface area (Å²) < 4.78 is 0. The van der Waals surface area contributed by atoms with Gasteiger partial charge in [0.05, 0.1) is 0 Å². The molecular formula is C15H18O2. The fraction of sp³-hybridized carbons (Fsp3) is 0.333. The van der Waals surface area contributed by atoms with Gasteiger partial charge in [0.1, 0.15) is 5.75 Å². The molecule has 0 aliphatic rings. The number of aliphatic hydroxyl groups excluding tert-OH is 1. The Morgan fingerprint density at radius 2 is 1.76 bits per heavy atom. The van der Waals surface area contributed by atoms with E-state index >= 15 is 0 Å². The smallest absolute Gasteiger partial charge is 0.126 e. The first-order valence-corrected chi connectivity index (χ1v) is 5.84. The van der Waals surface area contributed by atoms with Crippen LogP contribution in [0.1, 0.15) is 19.4 Å². The number of phenolic OH excluding ortho intramolecular Hbond substituents is 1. The average Bonchev–Trinajstić information content (AvgIpc) is 2.33. The number of aromatic hydroxyl groups is 1. The molecule has 0 aliphatic carbocycles. The van der Waals surface area contributed by atoms with E-state index in [-0.39, 0.29) is 12.0 Å². The van der Waals surface area contributed by atoms with E-state index < -0.39 is 0 Å². The molecule has 0 fully saturated rings. The number of benzene rings is 2. The molecule has 0 bridgehead atoms. The molecule has 2 heteroatoms. The monoisotopic (exact) mass is 230 g/mol. The summed E-state index contributed by atoms with van der Waals surface area (Å²) in [7, 11) is 0. The minimum absolute atomic E-state index is 0.110. The summed E-state index contributed by atoms with van der Waals surface area (Å²) in [6.07, 6.45) is 0.667. The largest absolute Gasteiger partial charge is 0.507 e. The second kappa shape index (κ2) is 4.38. The van der Waals surface area contributed by atoms with Crippen LogP contribution in [0.25, 0.3) is 10.8 Å². The van der Waals surface area contributed by atoms with E-state index in [1.54, 1.807) is 0 Å². The molecule has 0 spiro atoms. The zero-order valence-corrected chi connectivity index (χ0v) is 10.3. The van der Waals surface area contributed by atoms with E-state index in [1.807, 2.05) is 50.2 Å². The Morgan fingerprint density at radius 1 is 1.06 bits per heavy atom. The predicted molar refractivity (Wildman–Crippen MR) is 70.2 cm³/mol. The molecule has 0 amide bonds. The van der Waals surface area contributed by atoms with Gasteiger partial charge in [-0.15, -0.1) is 0 Å². The summed E-state index contributed by atoms with van der Waals surface area (Å²) in [6, 6.07) is 11.7. The molecule has 0 saturated heterocycles. The van der Waals surface area contributed by atoms with Crippen molar-refractivity contribution in [2.45, 2.75) is 20.3 Å². The Labute approximate surface area is 102 Å². The van der Waals surface area contributed by atoms with Crippen LogP contribution in [0.5, 0.6) is 5.75 Å². The minimum Gasteiger partial charge on any atom is -0.507 e. The Balaban J connectivity index is 2.46. The average molecular weight is 230 g/mol. The van der Waals surface area contributed by atoms with Crippen LogP contribution in [0.2, 0.25) is 0 Å². The number of hydrogen-bond donors (Lipinski definition) is 2. The lowest BCUT2D eigenvalue weighted by Gasteiger charge is -2.22. The normalized spacial score (nSPS) is 11.9. The van der Waals surface area contributed by atoms with Crippen molar-refractivity contribution in [1.29, 1.82) is 0 Å². The second-order valence-electron chi connectivity index (χ2n) is 5.29. The molecule has 0 saturated carbocycles. The van der Waals surface area contributed by atoms with E-state index in [2.05, 4.69) is 0 Å². The molecule has 2 rings (SSSR count). The third-order valence-electron chi connectivity index (χ3n) is 3.08. The van der Waals surface area contributed by atoms with Crippen molar-refractivity contribution >= 4 is 10.8 Å². The van der Waals surface area contributed by atoms with Crippen LogP contribution >= 0.6 is 0 Å². The predicted octanol–water partition coefficient (Wildman–Crippen LogP) is 3.11. The van der Waals surface area contributed by atoms with E-state index in [0.29, 0.717) is 12.2 Å². The minimum atomic E-state index is -0.208. The van der Waals surface area contributed by atoms with E-state index in [0.717, 1.165) is 16.3 Å². The molecular weight excluding hydrogens is 212 g/mol. The number of fused-ring (bicyclic) bond motifs is 1. The molecule has 2 aromatic carbocycles. The SMILES string of the molecule is CC(C)(CO)Cc1ccc2ccccc2c1O. The van der Waals surface area contributed by atoms with Gasteiger partial charge >= 0.3 is 0 Å². The highest BCUT2D eigenvalue weighted by atomic mass is 16.3. The van der Waals surface area contributed by atoms with Gasteiger partial charge in [-0.25, -0.2) is 0 Å². The Morgan fingerprint density at radius 3 is 2.47 bits per heavy atom. The maximum Gasteiger partial charge on any atom is 0.126 e. The van der Waals surface area contributed by atoms with Crippen molar-refractivity contribution in [3.05, 3.63) is 42.0 Å². The molecule has 0 aromatic heterocycles. The molecule has 0 heterocycles. The van der Waals surface area contributed by atoms with E-state index in [4.69, 9.17) is 0 Å². The quantitative estimate of drug-likeness (QED) is 0.850. The highest BCUT2D eigenvalue weighted by molar-refractivity contribution is 5.89. The van der Waals surface area contributed by atoms with Crippen molar-refractivity contribution in [2.24, 2.45) is 5.41 Å². The summed E-state index contributed by atoms with van der Waals surface area (Å²) >= 11 is 0. The number of rotatable bonds is 3. The summed E-state index contributed by atoms with van der Waals surface area (Å²) in [5.41, 5.74) is 0.683. The molecule has 2 aromatic rings. The van der Waals surface area contributed by atoms with Crippen molar-refractivity contribution in [1.82, 2.24) is 0 Å². The number of phenols is 1. The van der Waals surface area contributed by atoms with Gasteiger partial charge in [0.2, 0.25) is 0 Å². The molecule has 0 unspecified atom stereocenters. The first kappa shape index (κ1) is 11.9. The molecule has 17 heavy (non-hydrogen) atoms. The molecule has 0 radical (unpaired) electrons. The summed E-state index contributed by atoms with van der Waals surface area (Å²) in [6.45, 7) is 4.09. The van der Waals surface area contributed by atoms with Crippen LogP contribution in [0.4, 0.5) is 0 Å². The maximum absolute atomic E-state index is 10.2. The van der Waals surface area contributed by atoms with Gasteiger partial charge in [-0.2, -0.15) is 0 Å². The van der Waals surface area contributed by atoms with Gasteiger partial charge in [-0.1, -0.05) is 50.2 Å². The standard InChI is InChI=1S/C15H18O2/c1-15(2,10-16)9-12-8-7-11-5-3-4-6-13(11)14(12)17/h3-8,16-17H,9-10H2,1-2H3. The van der Waals surface area contributed by atoms with E-state index in [9.17, 15) is 10.2 Å². The lowest BCUT2D eigenvalue weighted by atomic mass is 9.85. The molecule has 0 atom stereocenters. The fourth-order valence-electron chi connectivity index (χ4n) is 2.01. The molecule has 2 N–H and O–H groups in total.